The van der Waals surface area contributed by atoms with Crippen LogP contribution < -0.4 is 4.74 Å². The highest BCUT2D eigenvalue weighted by atomic mass is 35.5. The van der Waals surface area contributed by atoms with Crippen molar-refractivity contribution in [3.05, 3.63) is 101 Å². The van der Waals surface area contributed by atoms with E-state index in [0.29, 0.717) is 16.1 Å². The molecule has 3 aromatic rings. The van der Waals surface area contributed by atoms with Gasteiger partial charge in [0.25, 0.3) is 0 Å². The van der Waals surface area contributed by atoms with E-state index >= 15 is 0 Å². The minimum Gasteiger partial charge on any atom is -0.422 e. The Bertz CT molecular complexity index is 951. The lowest BCUT2D eigenvalue weighted by atomic mass is 10.1. The van der Waals surface area contributed by atoms with E-state index in [9.17, 15) is 9.59 Å². The van der Waals surface area contributed by atoms with Gasteiger partial charge in [-0.3, -0.25) is 9.78 Å². The van der Waals surface area contributed by atoms with Crippen molar-refractivity contribution in [3.8, 4) is 5.75 Å². The first kappa shape index (κ1) is 17.6. The number of hydrogen-bond acceptors (Lipinski definition) is 4. The van der Waals surface area contributed by atoms with Crippen molar-refractivity contribution in [2.24, 2.45) is 0 Å². The van der Waals surface area contributed by atoms with Crippen LogP contribution in [0.4, 0.5) is 0 Å². The van der Waals surface area contributed by atoms with Gasteiger partial charge >= 0.3 is 5.97 Å². The molecule has 0 saturated carbocycles. The number of carbonyl (C=O) groups is 2. The van der Waals surface area contributed by atoms with E-state index < -0.39 is 5.97 Å². The van der Waals surface area contributed by atoms with Crippen molar-refractivity contribution >= 4 is 29.4 Å². The van der Waals surface area contributed by atoms with Gasteiger partial charge in [-0.2, -0.15) is 0 Å². The number of halogens is 1. The van der Waals surface area contributed by atoms with Crippen molar-refractivity contribution in [1.29, 1.82) is 0 Å². The molecule has 1 heterocycles. The van der Waals surface area contributed by atoms with Crippen LogP contribution in [-0.2, 0) is 0 Å². The van der Waals surface area contributed by atoms with Crippen molar-refractivity contribution in [1.82, 2.24) is 4.98 Å². The van der Waals surface area contributed by atoms with Gasteiger partial charge in [-0.25, -0.2) is 4.79 Å². The van der Waals surface area contributed by atoms with Crippen LogP contribution >= 0.6 is 11.6 Å². The number of aromatic nitrogens is 1. The molecular weight excluding hydrogens is 350 g/mol. The Morgan fingerprint density at radius 2 is 1.62 bits per heavy atom. The first-order chi connectivity index (χ1) is 12.6. The van der Waals surface area contributed by atoms with Gasteiger partial charge in [0, 0.05) is 17.4 Å². The average Bonchev–Trinajstić information content (AvgIpc) is 2.68. The first-order valence-corrected chi connectivity index (χ1v) is 8.20. The lowest BCUT2D eigenvalue weighted by Gasteiger charge is -2.08. The Morgan fingerprint density at radius 1 is 0.923 bits per heavy atom. The molecule has 0 unspecified atom stereocenters. The lowest BCUT2D eigenvalue weighted by molar-refractivity contribution is 0.0733. The number of hydrogen-bond donors (Lipinski definition) is 0. The summed E-state index contributed by atoms with van der Waals surface area (Å²) in [5, 5.41) is 0.627. The molecule has 128 valence electrons. The van der Waals surface area contributed by atoms with Crippen LogP contribution in [0.5, 0.6) is 5.75 Å². The van der Waals surface area contributed by atoms with Crippen molar-refractivity contribution in [3.63, 3.8) is 0 Å². The Balaban J connectivity index is 1.79. The number of ether oxygens (including phenoxy) is 1. The fraction of sp³-hybridized carbons (Fsp3) is 0. The molecule has 5 heteroatoms. The SMILES string of the molecule is O=C(Oc1ccccc1C(=O)/C=C/c1ccc(Cl)cc1)c1ccncc1. The number of pyridine rings is 1. The highest BCUT2D eigenvalue weighted by molar-refractivity contribution is 6.30. The van der Waals surface area contributed by atoms with Gasteiger partial charge < -0.3 is 4.74 Å². The van der Waals surface area contributed by atoms with E-state index in [1.807, 2.05) is 12.1 Å². The van der Waals surface area contributed by atoms with Crippen LogP contribution in [0, 0.1) is 0 Å². The summed E-state index contributed by atoms with van der Waals surface area (Å²) in [5.74, 6) is -0.604. The molecular formula is C21H14ClNO3. The summed E-state index contributed by atoms with van der Waals surface area (Å²) in [4.78, 5) is 28.6. The van der Waals surface area contributed by atoms with Gasteiger partial charge in [-0.15, -0.1) is 0 Å². The number of esters is 1. The van der Waals surface area contributed by atoms with Crippen LogP contribution in [0.25, 0.3) is 6.08 Å². The zero-order chi connectivity index (χ0) is 18.4. The summed E-state index contributed by atoms with van der Waals surface area (Å²) in [6, 6.07) is 16.8. The number of nitrogens with zero attached hydrogens (tertiary/aromatic N) is 1. The summed E-state index contributed by atoms with van der Waals surface area (Å²) >= 11 is 5.85. The van der Waals surface area contributed by atoms with Gasteiger partial charge in [0.05, 0.1) is 11.1 Å². The molecule has 0 amide bonds. The maximum absolute atomic E-state index is 12.5. The van der Waals surface area contributed by atoms with Gasteiger partial charge in [0.2, 0.25) is 0 Å². The number of rotatable bonds is 5. The standard InChI is InChI=1S/C21H14ClNO3/c22-17-8-5-15(6-9-17)7-10-19(24)18-3-1-2-4-20(18)26-21(25)16-11-13-23-14-12-16/h1-14H/b10-7+. The molecule has 4 nitrogen and oxygen atoms in total. The summed E-state index contributed by atoms with van der Waals surface area (Å²) in [5.41, 5.74) is 1.51. The zero-order valence-electron chi connectivity index (χ0n) is 13.6. The second kappa shape index (κ2) is 8.23. The van der Waals surface area contributed by atoms with E-state index in [1.165, 1.54) is 18.5 Å². The topological polar surface area (TPSA) is 56.3 Å². The molecule has 0 aliphatic carbocycles. The molecule has 0 aliphatic rings. The maximum atomic E-state index is 12.5. The fourth-order valence-corrected chi connectivity index (χ4v) is 2.37. The summed E-state index contributed by atoms with van der Waals surface area (Å²) in [7, 11) is 0. The number of para-hydroxylation sites is 1. The smallest absolute Gasteiger partial charge is 0.343 e. The van der Waals surface area contributed by atoms with E-state index in [1.54, 1.807) is 54.6 Å². The predicted octanol–water partition coefficient (Wildman–Crippen LogP) is 4.85. The van der Waals surface area contributed by atoms with Crippen molar-refractivity contribution in [2.45, 2.75) is 0 Å². The molecule has 0 atom stereocenters. The molecule has 1 aromatic heterocycles. The Morgan fingerprint density at radius 3 is 2.35 bits per heavy atom. The third kappa shape index (κ3) is 4.43. The van der Waals surface area contributed by atoms with Crippen molar-refractivity contribution < 1.29 is 14.3 Å². The Hall–Kier alpha value is -3.24. The van der Waals surface area contributed by atoms with Gasteiger partial charge in [0.15, 0.2) is 5.78 Å². The number of benzene rings is 2. The predicted molar refractivity (Wildman–Crippen MR) is 100 cm³/mol. The normalized spacial score (nSPS) is 10.7. The fourth-order valence-electron chi connectivity index (χ4n) is 2.24. The molecule has 0 spiro atoms. The molecule has 0 radical (unpaired) electrons. The number of carbonyl (C=O) groups excluding carboxylic acids is 2. The Labute approximate surface area is 155 Å². The second-order valence-electron chi connectivity index (χ2n) is 5.37. The molecule has 0 saturated heterocycles. The highest BCUT2D eigenvalue weighted by Crippen LogP contribution is 2.21. The highest BCUT2D eigenvalue weighted by Gasteiger charge is 2.14. The zero-order valence-corrected chi connectivity index (χ0v) is 14.4. The molecule has 0 bridgehead atoms. The van der Waals surface area contributed by atoms with Crippen LogP contribution in [0.15, 0.2) is 79.1 Å². The van der Waals surface area contributed by atoms with Crippen LogP contribution in [0.1, 0.15) is 26.3 Å². The Kier molecular flexibility index (Phi) is 5.56. The van der Waals surface area contributed by atoms with E-state index in [0.717, 1.165) is 5.56 Å². The van der Waals surface area contributed by atoms with E-state index in [-0.39, 0.29) is 11.5 Å². The van der Waals surface area contributed by atoms with Gasteiger partial charge in [0.1, 0.15) is 5.75 Å². The molecule has 0 fully saturated rings. The van der Waals surface area contributed by atoms with Gasteiger partial charge in [-0.05, 0) is 48.0 Å². The van der Waals surface area contributed by atoms with E-state index in [4.69, 9.17) is 16.3 Å². The average molecular weight is 364 g/mol. The van der Waals surface area contributed by atoms with Crippen LogP contribution in [0.2, 0.25) is 5.02 Å². The van der Waals surface area contributed by atoms with Crippen molar-refractivity contribution in [2.75, 3.05) is 0 Å². The molecule has 0 N–H and O–H groups in total. The summed E-state index contributed by atoms with van der Waals surface area (Å²) in [6.45, 7) is 0. The summed E-state index contributed by atoms with van der Waals surface area (Å²) in [6.07, 6.45) is 6.12. The van der Waals surface area contributed by atoms with Crippen LogP contribution in [-0.4, -0.2) is 16.7 Å². The molecule has 2 aromatic carbocycles. The second-order valence-corrected chi connectivity index (χ2v) is 5.81. The first-order valence-electron chi connectivity index (χ1n) is 7.83. The van der Waals surface area contributed by atoms with Gasteiger partial charge in [-0.1, -0.05) is 41.9 Å². The van der Waals surface area contributed by atoms with Crippen LogP contribution in [0.3, 0.4) is 0 Å². The summed E-state index contributed by atoms with van der Waals surface area (Å²) < 4.78 is 5.38. The van der Waals surface area contributed by atoms with E-state index in [2.05, 4.69) is 4.98 Å². The monoisotopic (exact) mass is 363 g/mol. The lowest BCUT2D eigenvalue weighted by Crippen LogP contribution is -2.11. The third-order valence-electron chi connectivity index (χ3n) is 3.57. The number of allylic oxidation sites excluding steroid dienone is 1. The maximum Gasteiger partial charge on any atom is 0.343 e. The molecule has 0 aliphatic heterocycles. The minimum absolute atomic E-state index is 0.208. The molecule has 3 rings (SSSR count). The number of ketones is 1. The third-order valence-corrected chi connectivity index (χ3v) is 3.82. The quantitative estimate of drug-likeness (QED) is 0.281. The largest absolute Gasteiger partial charge is 0.422 e. The minimum atomic E-state index is -0.547. The molecule has 26 heavy (non-hydrogen) atoms.